The molecule has 0 aliphatic rings. The minimum absolute atomic E-state index is 0.265. The van der Waals surface area contributed by atoms with Crippen LogP contribution in [0.4, 0.5) is 26.2 Å². The summed E-state index contributed by atoms with van der Waals surface area (Å²) in [5.41, 5.74) is 0.983. The van der Waals surface area contributed by atoms with E-state index in [4.69, 9.17) is 0 Å². The van der Waals surface area contributed by atoms with Crippen molar-refractivity contribution in [1.82, 2.24) is 19.7 Å². The van der Waals surface area contributed by atoms with Gasteiger partial charge >= 0.3 is 0 Å². The average molecular weight is 290 g/mol. The third kappa shape index (κ3) is 2.35. The molecule has 0 saturated heterocycles. The first-order valence-corrected chi connectivity index (χ1v) is 6.18. The summed E-state index contributed by atoms with van der Waals surface area (Å²) in [6.45, 7) is 0. The van der Waals surface area contributed by atoms with E-state index in [1.807, 2.05) is 0 Å². The quantitative estimate of drug-likeness (QED) is 0.775. The zero-order chi connectivity index (χ0) is 15.0. The molecule has 0 aliphatic heterocycles. The summed E-state index contributed by atoms with van der Waals surface area (Å²) in [5.74, 6) is -0.977. The van der Waals surface area contributed by atoms with Crippen LogP contribution in [0.3, 0.4) is 0 Å². The summed E-state index contributed by atoms with van der Waals surface area (Å²) in [5, 5.41) is 10.7. The Labute approximate surface area is 118 Å². The zero-order valence-electron chi connectivity index (χ0n) is 11.4. The lowest BCUT2D eigenvalue weighted by molar-refractivity contribution is 0.509. The van der Waals surface area contributed by atoms with Crippen molar-refractivity contribution in [3.63, 3.8) is 0 Å². The van der Waals surface area contributed by atoms with Gasteiger partial charge in [-0.2, -0.15) is 15.1 Å². The monoisotopic (exact) mass is 290 g/mol. The number of nitrogens with one attached hydrogen (secondary N) is 2. The maximum atomic E-state index is 13.2. The van der Waals surface area contributed by atoms with Crippen molar-refractivity contribution in [2.75, 3.05) is 17.7 Å². The van der Waals surface area contributed by atoms with Crippen molar-refractivity contribution in [3.8, 4) is 0 Å². The molecule has 0 spiro atoms. The van der Waals surface area contributed by atoms with Crippen LogP contribution >= 0.6 is 0 Å². The minimum Gasteiger partial charge on any atom is -0.372 e. The summed E-state index contributed by atoms with van der Waals surface area (Å²) in [7, 11) is 3.49. The number of nitrogens with zero attached hydrogens (tertiary/aromatic N) is 4. The highest BCUT2D eigenvalue weighted by atomic mass is 19.2. The van der Waals surface area contributed by atoms with Crippen molar-refractivity contribution >= 4 is 28.5 Å². The second kappa shape index (κ2) is 4.97. The molecule has 8 heteroatoms. The zero-order valence-corrected chi connectivity index (χ0v) is 11.4. The highest BCUT2D eigenvalue weighted by molar-refractivity contribution is 5.87. The summed E-state index contributed by atoms with van der Waals surface area (Å²) in [6, 6.07) is 3.50. The number of halogens is 2. The first kappa shape index (κ1) is 13.2. The first-order valence-electron chi connectivity index (χ1n) is 6.18. The highest BCUT2D eigenvalue weighted by Crippen LogP contribution is 2.23. The Morgan fingerprint density at radius 3 is 2.67 bits per heavy atom. The molecular formula is C13H12F2N6. The van der Waals surface area contributed by atoms with E-state index in [1.165, 1.54) is 6.07 Å². The summed E-state index contributed by atoms with van der Waals surface area (Å²) < 4.78 is 27.7. The smallest absolute Gasteiger partial charge is 0.231 e. The number of anilines is 3. The normalized spacial score (nSPS) is 10.9. The minimum atomic E-state index is -0.935. The van der Waals surface area contributed by atoms with Crippen LogP contribution in [0.25, 0.3) is 11.0 Å². The Kier molecular flexibility index (Phi) is 3.13. The Balaban J connectivity index is 2.03. The SMILES string of the molecule is CNc1nc(Nc2ccc(F)c(F)c2)nc2c1cnn2C. The van der Waals surface area contributed by atoms with Gasteiger partial charge in [0.2, 0.25) is 5.95 Å². The van der Waals surface area contributed by atoms with Crippen LogP contribution in [0.1, 0.15) is 0 Å². The number of hydrogen-bond acceptors (Lipinski definition) is 5. The number of benzene rings is 1. The molecule has 0 aliphatic carbocycles. The van der Waals surface area contributed by atoms with Crippen LogP contribution in [0.15, 0.2) is 24.4 Å². The van der Waals surface area contributed by atoms with Crippen LogP contribution in [0.5, 0.6) is 0 Å². The van der Waals surface area contributed by atoms with Crippen LogP contribution < -0.4 is 10.6 Å². The lowest BCUT2D eigenvalue weighted by Crippen LogP contribution is -2.03. The molecule has 0 fully saturated rings. The Morgan fingerprint density at radius 2 is 1.95 bits per heavy atom. The fourth-order valence-electron chi connectivity index (χ4n) is 1.97. The van der Waals surface area contributed by atoms with E-state index >= 15 is 0 Å². The largest absolute Gasteiger partial charge is 0.372 e. The third-order valence-electron chi connectivity index (χ3n) is 3.00. The maximum Gasteiger partial charge on any atom is 0.231 e. The van der Waals surface area contributed by atoms with Gasteiger partial charge in [-0.25, -0.2) is 8.78 Å². The topological polar surface area (TPSA) is 67.7 Å². The third-order valence-corrected chi connectivity index (χ3v) is 3.00. The molecule has 2 N–H and O–H groups in total. The molecule has 0 atom stereocenters. The Morgan fingerprint density at radius 1 is 1.14 bits per heavy atom. The first-order chi connectivity index (χ1) is 10.1. The van der Waals surface area contributed by atoms with Gasteiger partial charge in [-0.3, -0.25) is 4.68 Å². The average Bonchev–Trinajstić information content (AvgIpc) is 2.84. The van der Waals surface area contributed by atoms with Crippen LogP contribution in [-0.4, -0.2) is 26.8 Å². The molecule has 108 valence electrons. The Hall–Kier alpha value is -2.77. The van der Waals surface area contributed by atoms with Crippen LogP contribution in [-0.2, 0) is 7.05 Å². The molecule has 21 heavy (non-hydrogen) atoms. The molecule has 1 aromatic carbocycles. The van der Waals surface area contributed by atoms with E-state index in [0.29, 0.717) is 17.2 Å². The summed E-state index contributed by atoms with van der Waals surface area (Å²) in [6.07, 6.45) is 1.66. The van der Waals surface area contributed by atoms with Gasteiger partial charge in [0.1, 0.15) is 5.82 Å². The second-order valence-electron chi connectivity index (χ2n) is 4.41. The molecule has 3 aromatic rings. The predicted octanol–water partition coefficient (Wildman–Crippen LogP) is 2.43. The molecule has 2 aromatic heterocycles. The molecule has 2 heterocycles. The molecule has 0 amide bonds. The molecule has 0 saturated carbocycles. The van der Waals surface area contributed by atoms with E-state index < -0.39 is 11.6 Å². The van der Waals surface area contributed by atoms with E-state index in [1.54, 1.807) is 25.0 Å². The van der Waals surface area contributed by atoms with Crippen LogP contribution in [0.2, 0.25) is 0 Å². The second-order valence-corrected chi connectivity index (χ2v) is 4.41. The van der Waals surface area contributed by atoms with Crippen molar-refractivity contribution < 1.29 is 8.78 Å². The predicted molar refractivity (Wildman–Crippen MR) is 75.5 cm³/mol. The van der Waals surface area contributed by atoms with E-state index in [2.05, 4.69) is 25.7 Å². The molecular weight excluding hydrogens is 278 g/mol. The van der Waals surface area contributed by atoms with Crippen molar-refractivity contribution in [1.29, 1.82) is 0 Å². The highest BCUT2D eigenvalue weighted by Gasteiger charge is 2.11. The number of hydrogen-bond donors (Lipinski definition) is 2. The number of aryl methyl sites for hydroxylation is 1. The molecule has 3 rings (SSSR count). The van der Waals surface area contributed by atoms with Gasteiger partial charge in [0, 0.05) is 25.8 Å². The lowest BCUT2D eigenvalue weighted by Gasteiger charge is -2.08. The number of aromatic nitrogens is 4. The van der Waals surface area contributed by atoms with E-state index in [0.717, 1.165) is 17.5 Å². The fraction of sp³-hybridized carbons (Fsp3) is 0.154. The van der Waals surface area contributed by atoms with Gasteiger partial charge in [-0.15, -0.1) is 0 Å². The lowest BCUT2D eigenvalue weighted by atomic mass is 10.3. The molecule has 0 radical (unpaired) electrons. The van der Waals surface area contributed by atoms with Gasteiger partial charge in [0.15, 0.2) is 17.3 Å². The molecule has 0 bridgehead atoms. The number of rotatable bonds is 3. The molecule has 0 unspecified atom stereocenters. The number of fused-ring (bicyclic) bond motifs is 1. The fourth-order valence-corrected chi connectivity index (χ4v) is 1.97. The van der Waals surface area contributed by atoms with Gasteiger partial charge in [-0.05, 0) is 12.1 Å². The van der Waals surface area contributed by atoms with Crippen molar-refractivity contribution in [3.05, 3.63) is 36.0 Å². The summed E-state index contributed by atoms with van der Waals surface area (Å²) in [4.78, 5) is 8.59. The van der Waals surface area contributed by atoms with Crippen molar-refractivity contribution in [2.45, 2.75) is 0 Å². The van der Waals surface area contributed by atoms with E-state index in [9.17, 15) is 8.78 Å². The summed E-state index contributed by atoms with van der Waals surface area (Å²) >= 11 is 0. The standard InChI is InChI=1S/C13H12F2N6/c1-16-11-8-6-17-21(2)12(8)20-13(19-11)18-7-3-4-9(14)10(15)5-7/h3-6H,1-2H3,(H2,16,18,19,20). The van der Waals surface area contributed by atoms with Gasteiger partial charge in [0.25, 0.3) is 0 Å². The molecule has 6 nitrogen and oxygen atoms in total. The van der Waals surface area contributed by atoms with Gasteiger partial charge in [-0.1, -0.05) is 0 Å². The van der Waals surface area contributed by atoms with E-state index in [-0.39, 0.29) is 5.95 Å². The van der Waals surface area contributed by atoms with Crippen LogP contribution in [0, 0.1) is 11.6 Å². The van der Waals surface area contributed by atoms with Gasteiger partial charge in [0.05, 0.1) is 11.6 Å². The Bertz CT molecular complexity index is 814. The van der Waals surface area contributed by atoms with Gasteiger partial charge < -0.3 is 10.6 Å². The maximum absolute atomic E-state index is 13.2. The van der Waals surface area contributed by atoms with Crippen molar-refractivity contribution in [2.24, 2.45) is 7.05 Å².